The van der Waals surface area contributed by atoms with Crippen molar-refractivity contribution in [1.29, 1.82) is 0 Å². The molecule has 1 amide bonds. The standard InChI is InChI=1S/C74H135N2O7P/c1-7-10-13-16-19-22-25-28-30-32-34-35-36-37-38-39-40-41-43-45-47-49-52-55-58-61-64-67-74(78)83-72(65-62-59-56-53-50-27-24-21-18-15-12-9-3)71(70-82-84(79,80)81-69-68-76(4,5)6)75-73(77)66-63-60-57-54-51-48-46-44-42-33-31-29-26-23-20-17-14-11-8-2/h11,14,20,23,28-31,42,44,48,51,62,65,71-72H,7-10,12-13,15-19,21-22,24-27,32-41,43,45-47,49-50,52-61,63-64,66-70H2,1-6H3,(H-,75,77,79,80)/b14-11-,23-20-,30-28+,31-29-,44-42-,51-48-,65-62-. The first-order valence-electron chi connectivity index (χ1n) is 35.4. The van der Waals surface area contributed by atoms with Crippen LogP contribution in [0.1, 0.15) is 323 Å². The van der Waals surface area contributed by atoms with E-state index in [4.69, 9.17) is 13.8 Å². The summed E-state index contributed by atoms with van der Waals surface area (Å²) in [7, 11) is 1.16. The average Bonchev–Trinajstić information content (AvgIpc) is 3.64. The number of amides is 1. The van der Waals surface area contributed by atoms with Crippen molar-refractivity contribution in [2.24, 2.45) is 0 Å². The Morgan fingerprint density at radius 3 is 1.17 bits per heavy atom. The molecule has 84 heavy (non-hydrogen) atoms. The summed E-state index contributed by atoms with van der Waals surface area (Å²) < 4.78 is 30.4. The second-order valence-corrected chi connectivity index (χ2v) is 26.4. The molecule has 3 unspecified atom stereocenters. The van der Waals surface area contributed by atoms with Gasteiger partial charge in [-0.25, -0.2) is 0 Å². The van der Waals surface area contributed by atoms with E-state index < -0.39 is 26.6 Å². The van der Waals surface area contributed by atoms with Crippen LogP contribution in [-0.2, 0) is 27.9 Å². The van der Waals surface area contributed by atoms with E-state index in [-0.39, 0.29) is 31.3 Å². The molecule has 0 aromatic rings. The van der Waals surface area contributed by atoms with E-state index in [1.165, 1.54) is 193 Å². The summed E-state index contributed by atoms with van der Waals surface area (Å²) in [6.07, 6.45) is 84.3. The Balaban J connectivity index is 5.06. The zero-order valence-corrected chi connectivity index (χ0v) is 56.7. The van der Waals surface area contributed by atoms with E-state index in [0.29, 0.717) is 17.4 Å². The Morgan fingerprint density at radius 2 is 0.762 bits per heavy atom. The number of esters is 1. The fourth-order valence-electron chi connectivity index (χ4n) is 10.1. The van der Waals surface area contributed by atoms with Gasteiger partial charge in [-0.3, -0.25) is 14.2 Å². The van der Waals surface area contributed by atoms with Crippen molar-refractivity contribution in [3.8, 4) is 0 Å². The number of nitrogens with one attached hydrogen (secondary N) is 1. The Morgan fingerprint density at radius 1 is 0.429 bits per heavy atom. The van der Waals surface area contributed by atoms with Crippen LogP contribution in [0.15, 0.2) is 85.1 Å². The molecule has 0 aliphatic rings. The van der Waals surface area contributed by atoms with Crippen LogP contribution in [0.4, 0.5) is 0 Å². The molecule has 0 rings (SSSR count). The van der Waals surface area contributed by atoms with Crippen molar-refractivity contribution in [2.75, 3.05) is 40.9 Å². The minimum absolute atomic E-state index is 0.0312. The van der Waals surface area contributed by atoms with Crippen LogP contribution in [0.2, 0.25) is 0 Å². The molecule has 1 N–H and O–H groups in total. The van der Waals surface area contributed by atoms with Crippen LogP contribution in [0.25, 0.3) is 0 Å². The largest absolute Gasteiger partial charge is 0.756 e. The molecule has 10 heteroatoms. The van der Waals surface area contributed by atoms with Crippen molar-refractivity contribution in [3.63, 3.8) is 0 Å². The third kappa shape index (κ3) is 63.7. The number of phosphoric acid groups is 1. The maximum absolute atomic E-state index is 13.6. The second kappa shape index (κ2) is 63.2. The highest BCUT2D eigenvalue weighted by Gasteiger charge is 2.27. The van der Waals surface area contributed by atoms with E-state index >= 15 is 0 Å². The summed E-state index contributed by atoms with van der Waals surface area (Å²) in [5.41, 5.74) is 0. The number of allylic oxidation sites excluding steroid dienone is 13. The smallest absolute Gasteiger partial charge is 0.306 e. The lowest BCUT2D eigenvalue weighted by Crippen LogP contribution is -2.47. The molecule has 0 aromatic heterocycles. The molecule has 3 atom stereocenters. The predicted molar refractivity (Wildman–Crippen MR) is 362 cm³/mol. The number of likely N-dealkylation sites (N-methyl/N-ethyl adjacent to an activating group) is 1. The van der Waals surface area contributed by atoms with Gasteiger partial charge in [0, 0.05) is 12.8 Å². The normalized spacial score (nSPS) is 14.0. The summed E-state index contributed by atoms with van der Waals surface area (Å²) in [6, 6.07) is -0.909. The molecule has 0 bridgehead atoms. The lowest BCUT2D eigenvalue weighted by Gasteiger charge is -2.30. The van der Waals surface area contributed by atoms with E-state index in [0.717, 1.165) is 89.9 Å². The molecule has 0 aliphatic heterocycles. The van der Waals surface area contributed by atoms with Gasteiger partial charge in [0.1, 0.15) is 19.3 Å². The third-order valence-electron chi connectivity index (χ3n) is 15.6. The van der Waals surface area contributed by atoms with Crippen LogP contribution in [0.5, 0.6) is 0 Å². The van der Waals surface area contributed by atoms with Crippen LogP contribution in [0.3, 0.4) is 0 Å². The van der Waals surface area contributed by atoms with Crippen LogP contribution in [-0.4, -0.2) is 69.4 Å². The van der Waals surface area contributed by atoms with Gasteiger partial charge in [0.25, 0.3) is 7.82 Å². The molecule has 488 valence electrons. The highest BCUT2D eigenvalue weighted by atomic mass is 31.2. The Bertz CT molecular complexity index is 1710. The number of hydrogen-bond donors (Lipinski definition) is 1. The summed E-state index contributed by atoms with van der Waals surface area (Å²) in [5.74, 6) is -0.571. The van der Waals surface area contributed by atoms with Crippen molar-refractivity contribution >= 4 is 19.7 Å². The number of nitrogens with zero attached hydrogens (tertiary/aromatic N) is 1. The Labute approximate surface area is 520 Å². The summed E-state index contributed by atoms with van der Waals surface area (Å²) >= 11 is 0. The van der Waals surface area contributed by atoms with Crippen molar-refractivity contribution in [2.45, 2.75) is 335 Å². The molecule has 0 spiro atoms. The molecule has 0 fully saturated rings. The molecule has 0 heterocycles. The number of hydrogen-bond acceptors (Lipinski definition) is 7. The van der Waals surface area contributed by atoms with Crippen LogP contribution >= 0.6 is 7.82 Å². The van der Waals surface area contributed by atoms with E-state index in [9.17, 15) is 19.0 Å². The van der Waals surface area contributed by atoms with E-state index in [1.807, 2.05) is 33.3 Å². The summed E-state index contributed by atoms with van der Waals surface area (Å²) in [6.45, 7) is 6.72. The molecule has 0 aromatic carbocycles. The zero-order valence-electron chi connectivity index (χ0n) is 55.8. The molecule has 0 saturated carbocycles. The predicted octanol–water partition coefficient (Wildman–Crippen LogP) is 21.9. The first-order valence-corrected chi connectivity index (χ1v) is 36.9. The number of carbonyl (C=O) groups excluding carboxylic acids is 2. The number of quaternary nitrogens is 1. The number of unbranched alkanes of at least 4 members (excludes halogenated alkanes) is 36. The minimum atomic E-state index is -4.72. The average molecular weight is 1200 g/mol. The van der Waals surface area contributed by atoms with Gasteiger partial charge in [0.05, 0.1) is 33.8 Å². The molecular weight excluding hydrogens is 1060 g/mol. The third-order valence-corrected chi connectivity index (χ3v) is 16.5. The van der Waals surface area contributed by atoms with Gasteiger partial charge in [-0.05, 0) is 102 Å². The molecular formula is C74H135N2O7P. The SMILES string of the molecule is CC/C=C\C/C=C\C/C=C\C/C=C\C/C=C\CCCCCC(=O)NC(COP(=O)([O-])OCC[N+](C)(C)C)C(/C=C\CCCCCCCCCCCC)OC(=O)CCCCCCCCCCCCCCCCCCC/C=C/CCCCCCCC. The van der Waals surface area contributed by atoms with Crippen LogP contribution < -0.4 is 10.2 Å². The monoisotopic (exact) mass is 1200 g/mol. The molecule has 0 aliphatic carbocycles. The van der Waals surface area contributed by atoms with Crippen molar-refractivity contribution in [1.82, 2.24) is 5.32 Å². The van der Waals surface area contributed by atoms with Gasteiger partial charge < -0.3 is 28.5 Å². The van der Waals surface area contributed by atoms with Gasteiger partial charge in [0.15, 0.2) is 0 Å². The Kier molecular flexibility index (Phi) is 61.1. The van der Waals surface area contributed by atoms with Gasteiger partial charge in [-0.2, -0.15) is 0 Å². The molecule has 0 saturated heterocycles. The second-order valence-electron chi connectivity index (χ2n) is 25.0. The number of ether oxygens (including phenoxy) is 1. The summed E-state index contributed by atoms with van der Waals surface area (Å²) in [4.78, 5) is 40.1. The topological polar surface area (TPSA) is 114 Å². The quantitative estimate of drug-likeness (QED) is 0.0212. The highest BCUT2D eigenvalue weighted by molar-refractivity contribution is 7.45. The molecule has 9 nitrogen and oxygen atoms in total. The fourth-order valence-corrected chi connectivity index (χ4v) is 10.9. The first-order chi connectivity index (χ1) is 40.9. The summed E-state index contributed by atoms with van der Waals surface area (Å²) in [5, 5.41) is 3.02. The fraction of sp³-hybridized carbons (Fsp3) is 0.784. The highest BCUT2D eigenvalue weighted by Crippen LogP contribution is 2.38. The van der Waals surface area contributed by atoms with E-state index in [1.54, 1.807) is 0 Å². The molecule has 0 radical (unpaired) electrons. The lowest BCUT2D eigenvalue weighted by molar-refractivity contribution is -0.870. The van der Waals surface area contributed by atoms with Gasteiger partial charge in [0.2, 0.25) is 5.91 Å². The number of carbonyl (C=O) groups is 2. The number of rotatable bonds is 64. The maximum Gasteiger partial charge on any atom is 0.306 e. The van der Waals surface area contributed by atoms with Gasteiger partial charge in [-0.15, -0.1) is 0 Å². The number of phosphoric ester groups is 1. The Hall–Kier alpha value is -2.81. The van der Waals surface area contributed by atoms with Crippen molar-refractivity contribution in [3.05, 3.63) is 85.1 Å². The lowest BCUT2D eigenvalue weighted by atomic mass is 10.0. The maximum atomic E-state index is 13.6. The minimum Gasteiger partial charge on any atom is -0.756 e. The first kappa shape index (κ1) is 81.2. The van der Waals surface area contributed by atoms with Crippen LogP contribution in [0, 0.1) is 0 Å². The van der Waals surface area contributed by atoms with E-state index in [2.05, 4.69) is 99.0 Å². The zero-order chi connectivity index (χ0) is 61.4. The van der Waals surface area contributed by atoms with Gasteiger partial charge in [-0.1, -0.05) is 292 Å². The van der Waals surface area contributed by atoms with Gasteiger partial charge >= 0.3 is 5.97 Å². The van der Waals surface area contributed by atoms with Crippen molar-refractivity contribution < 1.29 is 37.3 Å².